The first kappa shape index (κ1) is 21.1. The van der Waals surface area contributed by atoms with Crippen molar-refractivity contribution in [2.24, 2.45) is 5.73 Å². The van der Waals surface area contributed by atoms with Crippen LogP contribution in [0.3, 0.4) is 0 Å². The van der Waals surface area contributed by atoms with Gasteiger partial charge in [-0.05, 0) is 30.0 Å². The van der Waals surface area contributed by atoms with Gasteiger partial charge in [-0.15, -0.1) is 0 Å². The normalized spacial score (nSPS) is 12.6. The second-order valence-corrected chi connectivity index (χ2v) is 6.54. The topological polar surface area (TPSA) is 101 Å². The molecule has 28 heavy (non-hydrogen) atoms. The van der Waals surface area contributed by atoms with E-state index in [4.69, 9.17) is 5.73 Å². The molecule has 0 aliphatic rings. The Kier molecular flexibility index (Phi) is 7.68. The molecule has 0 aliphatic carbocycles. The summed E-state index contributed by atoms with van der Waals surface area (Å²) < 4.78 is 13.9. The summed E-state index contributed by atoms with van der Waals surface area (Å²) in [4.78, 5) is 35.9. The Morgan fingerprint density at radius 3 is 2.21 bits per heavy atom. The van der Waals surface area contributed by atoms with Crippen LogP contribution in [-0.2, 0) is 27.2 Å². The summed E-state index contributed by atoms with van der Waals surface area (Å²) in [5.41, 5.74) is 6.72. The van der Waals surface area contributed by atoms with E-state index in [2.05, 4.69) is 10.6 Å². The molecule has 2 aromatic carbocycles. The van der Waals surface area contributed by atoms with Crippen LogP contribution in [0.5, 0.6) is 0 Å². The van der Waals surface area contributed by atoms with Gasteiger partial charge in [-0.3, -0.25) is 14.4 Å². The van der Waals surface area contributed by atoms with Crippen molar-refractivity contribution < 1.29 is 18.8 Å². The first-order chi connectivity index (χ1) is 13.4. The molecule has 0 bridgehead atoms. The largest absolute Gasteiger partial charge is 0.368 e. The van der Waals surface area contributed by atoms with Gasteiger partial charge in [0.2, 0.25) is 17.7 Å². The number of amides is 3. The van der Waals surface area contributed by atoms with E-state index >= 15 is 0 Å². The first-order valence-corrected chi connectivity index (χ1v) is 9.01. The highest BCUT2D eigenvalue weighted by molar-refractivity contribution is 5.91. The van der Waals surface area contributed by atoms with Crippen LogP contribution in [0, 0.1) is 5.82 Å². The van der Waals surface area contributed by atoms with E-state index in [1.807, 2.05) is 30.3 Å². The number of halogens is 1. The van der Waals surface area contributed by atoms with Crippen molar-refractivity contribution in [2.45, 2.75) is 38.3 Å². The van der Waals surface area contributed by atoms with Gasteiger partial charge in [-0.2, -0.15) is 0 Å². The molecule has 0 fully saturated rings. The minimum absolute atomic E-state index is 0.0394. The number of aryl methyl sites for hydroxylation is 1. The van der Waals surface area contributed by atoms with E-state index in [0.717, 1.165) is 5.56 Å². The van der Waals surface area contributed by atoms with Gasteiger partial charge in [-0.1, -0.05) is 48.5 Å². The molecule has 2 rings (SSSR count). The van der Waals surface area contributed by atoms with Gasteiger partial charge in [0.1, 0.15) is 17.9 Å². The highest BCUT2D eigenvalue weighted by Crippen LogP contribution is 2.10. The van der Waals surface area contributed by atoms with Crippen molar-refractivity contribution in [2.75, 3.05) is 0 Å². The maximum absolute atomic E-state index is 13.9. The third-order valence-electron chi connectivity index (χ3n) is 4.30. The molecular weight excluding hydrogens is 361 g/mol. The third-order valence-corrected chi connectivity index (χ3v) is 4.30. The lowest BCUT2D eigenvalue weighted by Gasteiger charge is -2.22. The predicted octanol–water partition coefficient (Wildman–Crippen LogP) is 1.48. The van der Waals surface area contributed by atoms with E-state index in [-0.39, 0.29) is 12.0 Å². The summed E-state index contributed by atoms with van der Waals surface area (Å²) in [6.45, 7) is 1.27. The number of primary amides is 1. The van der Waals surface area contributed by atoms with Crippen molar-refractivity contribution in [1.29, 1.82) is 0 Å². The molecule has 7 heteroatoms. The van der Waals surface area contributed by atoms with Crippen LogP contribution < -0.4 is 16.4 Å². The smallest absolute Gasteiger partial charge is 0.243 e. The molecule has 0 heterocycles. The number of benzene rings is 2. The summed E-state index contributed by atoms with van der Waals surface area (Å²) in [6, 6.07) is 13.6. The molecule has 6 nitrogen and oxygen atoms in total. The van der Waals surface area contributed by atoms with Crippen LogP contribution in [0.25, 0.3) is 0 Å². The molecule has 2 atom stereocenters. The van der Waals surface area contributed by atoms with Crippen molar-refractivity contribution >= 4 is 17.7 Å². The molecule has 0 saturated heterocycles. The Labute approximate surface area is 163 Å². The molecule has 148 valence electrons. The molecule has 2 aromatic rings. The van der Waals surface area contributed by atoms with Crippen LogP contribution in [0.2, 0.25) is 0 Å². The summed E-state index contributed by atoms with van der Waals surface area (Å²) >= 11 is 0. The minimum Gasteiger partial charge on any atom is -0.368 e. The van der Waals surface area contributed by atoms with Gasteiger partial charge >= 0.3 is 0 Å². The lowest BCUT2D eigenvalue weighted by molar-refractivity contribution is -0.130. The molecule has 3 amide bonds. The monoisotopic (exact) mass is 385 g/mol. The van der Waals surface area contributed by atoms with Crippen molar-refractivity contribution in [3.63, 3.8) is 0 Å². The Morgan fingerprint density at radius 2 is 1.61 bits per heavy atom. The van der Waals surface area contributed by atoms with Gasteiger partial charge in [0.25, 0.3) is 0 Å². The average Bonchev–Trinajstić information content (AvgIpc) is 2.66. The van der Waals surface area contributed by atoms with E-state index in [1.165, 1.54) is 13.0 Å². The van der Waals surface area contributed by atoms with Crippen molar-refractivity contribution in [3.8, 4) is 0 Å². The molecule has 0 saturated carbocycles. The number of carbonyl (C=O) groups excluding carboxylic acids is 3. The lowest BCUT2D eigenvalue weighted by atomic mass is 10.0. The molecule has 0 aromatic heterocycles. The fraction of sp³-hybridized carbons (Fsp3) is 0.286. The fourth-order valence-corrected chi connectivity index (χ4v) is 2.85. The van der Waals surface area contributed by atoms with E-state index in [0.29, 0.717) is 12.8 Å². The zero-order valence-electron chi connectivity index (χ0n) is 15.7. The third kappa shape index (κ3) is 6.50. The van der Waals surface area contributed by atoms with Crippen LogP contribution in [0.15, 0.2) is 54.6 Å². The average molecular weight is 385 g/mol. The Morgan fingerprint density at radius 1 is 0.964 bits per heavy atom. The molecule has 0 radical (unpaired) electrons. The summed E-state index contributed by atoms with van der Waals surface area (Å²) in [5.74, 6) is -2.16. The van der Waals surface area contributed by atoms with Crippen LogP contribution in [0.1, 0.15) is 24.5 Å². The highest BCUT2D eigenvalue weighted by Gasteiger charge is 2.25. The summed E-state index contributed by atoms with van der Waals surface area (Å²) in [7, 11) is 0. The van der Waals surface area contributed by atoms with Gasteiger partial charge in [-0.25, -0.2) is 4.39 Å². The van der Waals surface area contributed by atoms with Gasteiger partial charge in [0.15, 0.2) is 0 Å². The second-order valence-electron chi connectivity index (χ2n) is 6.54. The summed E-state index contributed by atoms with van der Waals surface area (Å²) in [5, 5.41) is 5.08. The zero-order valence-corrected chi connectivity index (χ0v) is 15.7. The highest BCUT2D eigenvalue weighted by atomic mass is 19.1. The second kappa shape index (κ2) is 10.2. The lowest BCUT2D eigenvalue weighted by Crippen LogP contribution is -2.53. The molecule has 0 unspecified atom stereocenters. The number of nitrogens with two attached hydrogens (primary N) is 1. The quantitative estimate of drug-likeness (QED) is 0.609. The van der Waals surface area contributed by atoms with Gasteiger partial charge < -0.3 is 16.4 Å². The van der Waals surface area contributed by atoms with Gasteiger partial charge in [0.05, 0.1) is 0 Å². The maximum atomic E-state index is 13.9. The standard InChI is InChI=1S/C21H24FN3O3/c1-14(26)24-19(13-16-9-5-6-10-17(16)22)21(28)25-18(20(23)27)12-11-15-7-3-2-4-8-15/h2-10,18-19H,11-13H2,1H3,(H2,23,27)(H,24,26)(H,25,28)/t18-,19-/m1/s1. The molecular formula is C21H24FN3O3. The van der Waals surface area contributed by atoms with E-state index < -0.39 is 35.6 Å². The van der Waals surface area contributed by atoms with E-state index in [1.54, 1.807) is 18.2 Å². The first-order valence-electron chi connectivity index (χ1n) is 9.01. The minimum atomic E-state index is -1.02. The number of hydrogen-bond acceptors (Lipinski definition) is 3. The zero-order chi connectivity index (χ0) is 20.5. The summed E-state index contributed by atoms with van der Waals surface area (Å²) in [6.07, 6.45) is 0.826. The van der Waals surface area contributed by atoms with E-state index in [9.17, 15) is 18.8 Å². The van der Waals surface area contributed by atoms with Crippen molar-refractivity contribution in [1.82, 2.24) is 10.6 Å². The molecule has 0 aliphatic heterocycles. The number of nitrogens with one attached hydrogen (secondary N) is 2. The molecule has 4 N–H and O–H groups in total. The van der Waals surface area contributed by atoms with Crippen LogP contribution in [-0.4, -0.2) is 29.8 Å². The Hall–Kier alpha value is -3.22. The number of hydrogen-bond donors (Lipinski definition) is 3. The van der Waals surface area contributed by atoms with Crippen LogP contribution in [0.4, 0.5) is 4.39 Å². The van der Waals surface area contributed by atoms with Crippen LogP contribution >= 0.6 is 0 Å². The van der Waals surface area contributed by atoms with Crippen molar-refractivity contribution in [3.05, 3.63) is 71.5 Å². The van der Waals surface area contributed by atoms with Gasteiger partial charge in [0, 0.05) is 13.3 Å². The maximum Gasteiger partial charge on any atom is 0.243 e. The Bertz CT molecular complexity index is 827. The number of rotatable bonds is 9. The fourth-order valence-electron chi connectivity index (χ4n) is 2.85. The predicted molar refractivity (Wildman–Crippen MR) is 104 cm³/mol. The SMILES string of the molecule is CC(=O)N[C@H](Cc1ccccc1F)C(=O)N[C@H](CCc1ccccc1)C(N)=O. The molecule has 0 spiro atoms. The number of carbonyl (C=O) groups is 3. The Balaban J connectivity index is 2.07.